The maximum atomic E-state index is 5.72. The van der Waals surface area contributed by atoms with Crippen molar-refractivity contribution in [3.8, 4) is 0 Å². The van der Waals surface area contributed by atoms with Crippen LogP contribution >= 0.6 is 0 Å². The number of guanidine groups is 1. The summed E-state index contributed by atoms with van der Waals surface area (Å²) >= 11 is 0. The molecule has 158 valence electrons. The van der Waals surface area contributed by atoms with Gasteiger partial charge in [0.1, 0.15) is 0 Å². The monoisotopic (exact) mass is 390 g/mol. The van der Waals surface area contributed by atoms with Gasteiger partial charge in [-0.3, -0.25) is 4.99 Å². The number of rotatable bonds is 10. The minimum absolute atomic E-state index is 0.269. The summed E-state index contributed by atoms with van der Waals surface area (Å²) < 4.78 is 10.8. The molecule has 0 bridgehead atoms. The zero-order chi connectivity index (χ0) is 20.4. The number of nitrogens with zero attached hydrogens (tertiary/aromatic N) is 3. The number of hydrogen-bond donors (Lipinski definition) is 1. The Bertz CT molecular complexity index is 589. The highest BCUT2D eigenvalue weighted by atomic mass is 16.5. The topological polar surface area (TPSA) is 49.3 Å². The molecule has 0 aliphatic carbocycles. The number of ether oxygens (including phenoxy) is 2. The summed E-state index contributed by atoms with van der Waals surface area (Å²) in [6.45, 7) is 10.0. The van der Waals surface area contributed by atoms with Gasteiger partial charge in [0, 0.05) is 32.7 Å². The Morgan fingerprint density at radius 2 is 2.04 bits per heavy atom. The van der Waals surface area contributed by atoms with Crippen LogP contribution in [0.4, 0.5) is 0 Å². The lowest BCUT2D eigenvalue weighted by molar-refractivity contribution is 0.0536. The van der Waals surface area contributed by atoms with Crippen molar-refractivity contribution in [3.63, 3.8) is 0 Å². The normalized spacial score (nSPS) is 18.7. The average Bonchev–Trinajstić information content (AvgIpc) is 3.14. The van der Waals surface area contributed by atoms with E-state index in [4.69, 9.17) is 14.5 Å². The van der Waals surface area contributed by atoms with Crippen LogP contribution in [0.15, 0.2) is 29.3 Å². The van der Waals surface area contributed by atoms with E-state index in [0.29, 0.717) is 19.1 Å². The number of likely N-dealkylation sites (N-methyl/N-ethyl adjacent to an activating group) is 1. The molecule has 1 aromatic carbocycles. The summed E-state index contributed by atoms with van der Waals surface area (Å²) in [4.78, 5) is 9.60. The predicted molar refractivity (Wildman–Crippen MR) is 116 cm³/mol. The van der Waals surface area contributed by atoms with Gasteiger partial charge >= 0.3 is 0 Å². The summed E-state index contributed by atoms with van der Waals surface area (Å²) in [5.41, 5.74) is 2.59. The Hall–Kier alpha value is -1.63. The van der Waals surface area contributed by atoms with E-state index in [1.54, 1.807) is 7.11 Å². The van der Waals surface area contributed by atoms with E-state index < -0.39 is 0 Å². The largest absolute Gasteiger partial charge is 0.382 e. The molecule has 6 heteroatoms. The standard InChI is InChI=1S/C22H38N4O2/c1-6-23-22(26-12-11-19(16-26)17-28-14-13-27-5)24-15-21(25(3)4)20-9-7-18(2)8-10-20/h7-10,19,21H,6,11-17H2,1-5H3,(H,23,24). The van der Waals surface area contributed by atoms with Gasteiger partial charge in [0.05, 0.1) is 32.4 Å². The van der Waals surface area contributed by atoms with Crippen molar-refractivity contribution < 1.29 is 9.47 Å². The molecule has 0 spiro atoms. The summed E-state index contributed by atoms with van der Waals surface area (Å²) in [6, 6.07) is 9.05. The SMILES string of the molecule is CCNC(=NCC(c1ccc(C)cc1)N(C)C)N1CCC(COCCOC)C1. The highest BCUT2D eigenvalue weighted by Crippen LogP contribution is 2.20. The van der Waals surface area contributed by atoms with Gasteiger partial charge in [0.25, 0.3) is 0 Å². The summed E-state index contributed by atoms with van der Waals surface area (Å²) in [6.07, 6.45) is 1.15. The van der Waals surface area contributed by atoms with Crippen molar-refractivity contribution in [2.75, 3.05) is 67.2 Å². The third kappa shape index (κ3) is 7.08. The summed E-state index contributed by atoms with van der Waals surface area (Å²) in [5.74, 6) is 1.57. The van der Waals surface area contributed by atoms with Crippen LogP contribution in [0.1, 0.15) is 30.5 Å². The second-order valence-electron chi connectivity index (χ2n) is 7.75. The second kappa shape index (κ2) is 12.0. The minimum atomic E-state index is 0.269. The molecule has 1 heterocycles. The molecule has 2 unspecified atom stereocenters. The highest BCUT2D eigenvalue weighted by Gasteiger charge is 2.25. The first-order valence-electron chi connectivity index (χ1n) is 10.4. The third-order valence-electron chi connectivity index (χ3n) is 5.21. The van der Waals surface area contributed by atoms with E-state index in [0.717, 1.165) is 45.2 Å². The van der Waals surface area contributed by atoms with Gasteiger partial charge in [-0.2, -0.15) is 0 Å². The first-order chi connectivity index (χ1) is 13.5. The number of likely N-dealkylation sites (tertiary alicyclic amines) is 1. The molecule has 0 aromatic heterocycles. The number of aliphatic imine (C=N–C) groups is 1. The molecule has 0 amide bonds. The zero-order valence-corrected chi connectivity index (χ0v) is 18.3. The van der Waals surface area contributed by atoms with Crippen molar-refractivity contribution in [3.05, 3.63) is 35.4 Å². The Labute approximate surface area is 170 Å². The second-order valence-corrected chi connectivity index (χ2v) is 7.75. The maximum Gasteiger partial charge on any atom is 0.193 e. The Balaban J connectivity index is 1.97. The highest BCUT2D eigenvalue weighted by molar-refractivity contribution is 5.80. The number of benzene rings is 1. The van der Waals surface area contributed by atoms with E-state index in [-0.39, 0.29) is 6.04 Å². The average molecular weight is 391 g/mol. The van der Waals surface area contributed by atoms with E-state index in [1.165, 1.54) is 11.1 Å². The van der Waals surface area contributed by atoms with Crippen LogP contribution in [0.5, 0.6) is 0 Å². The fraction of sp³-hybridized carbons (Fsp3) is 0.682. The number of nitrogens with one attached hydrogen (secondary N) is 1. The Kier molecular flexibility index (Phi) is 9.75. The van der Waals surface area contributed by atoms with Gasteiger partial charge in [0.2, 0.25) is 0 Å². The van der Waals surface area contributed by atoms with Gasteiger partial charge in [-0.15, -0.1) is 0 Å². The van der Waals surface area contributed by atoms with Crippen LogP contribution in [0, 0.1) is 12.8 Å². The van der Waals surface area contributed by atoms with Crippen molar-refractivity contribution >= 4 is 5.96 Å². The molecular weight excluding hydrogens is 352 g/mol. The van der Waals surface area contributed by atoms with Crippen LogP contribution in [-0.2, 0) is 9.47 Å². The first-order valence-corrected chi connectivity index (χ1v) is 10.4. The molecule has 2 atom stereocenters. The molecule has 1 aromatic rings. The molecule has 28 heavy (non-hydrogen) atoms. The van der Waals surface area contributed by atoms with Gasteiger partial charge < -0.3 is 24.6 Å². The summed E-state index contributed by atoms with van der Waals surface area (Å²) in [7, 11) is 5.95. The van der Waals surface area contributed by atoms with Crippen molar-refractivity contribution in [2.24, 2.45) is 10.9 Å². The minimum Gasteiger partial charge on any atom is -0.382 e. The van der Waals surface area contributed by atoms with E-state index in [2.05, 4.69) is 67.3 Å². The van der Waals surface area contributed by atoms with Crippen LogP contribution in [-0.4, -0.2) is 83.0 Å². The molecule has 1 saturated heterocycles. The van der Waals surface area contributed by atoms with Gasteiger partial charge in [-0.05, 0) is 39.9 Å². The summed E-state index contributed by atoms with van der Waals surface area (Å²) in [5, 5.41) is 3.47. The molecule has 1 fully saturated rings. The smallest absolute Gasteiger partial charge is 0.193 e. The van der Waals surface area contributed by atoms with Crippen LogP contribution < -0.4 is 5.32 Å². The predicted octanol–water partition coefficient (Wildman–Crippen LogP) is 2.55. The van der Waals surface area contributed by atoms with Crippen LogP contribution in [0.3, 0.4) is 0 Å². The molecule has 1 aliphatic rings. The van der Waals surface area contributed by atoms with E-state index in [9.17, 15) is 0 Å². The quantitative estimate of drug-likeness (QED) is 0.378. The first kappa shape index (κ1) is 22.7. The van der Waals surface area contributed by atoms with Gasteiger partial charge in [-0.1, -0.05) is 29.8 Å². The molecular formula is C22H38N4O2. The maximum absolute atomic E-state index is 5.72. The Morgan fingerprint density at radius 1 is 1.29 bits per heavy atom. The van der Waals surface area contributed by atoms with Crippen molar-refractivity contribution in [1.29, 1.82) is 0 Å². The third-order valence-corrected chi connectivity index (χ3v) is 5.21. The number of methoxy groups -OCH3 is 1. The molecule has 1 N–H and O–H groups in total. The van der Waals surface area contributed by atoms with E-state index >= 15 is 0 Å². The van der Waals surface area contributed by atoms with Crippen LogP contribution in [0.25, 0.3) is 0 Å². The fourth-order valence-corrected chi connectivity index (χ4v) is 3.51. The van der Waals surface area contributed by atoms with Crippen LogP contribution in [0.2, 0.25) is 0 Å². The van der Waals surface area contributed by atoms with Gasteiger partial charge in [-0.25, -0.2) is 0 Å². The lowest BCUT2D eigenvalue weighted by Crippen LogP contribution is -2.41. The lowest BCUT2D eigenvalue weighted by atomic mass is 10.0. The molecule has 1 aliphatic heterocycles. The van der Waals surface area contributed by atoms with Crippen molar-refractivity contribution in [2.45, 2.75) is 26.3 Å². The molecule has 0 radical (unpaired) electrons. The molecule has 6 nitrogen and oxygen atoms in total. The lowest BCUT2D eigenvalue weighted by Gasteiger charge is -2.26. The molecule has 2 rings (SSSR count). The fourth-order valence-electron chi connectivity index (χ4n) is 3.51. The van der Waals surface area contributed by atoms with E-state index in [1.807, 2.05) is 0 Å². The zero-order valence-electron chi connectivity index (χ0n) is 18.3. The van der Waals surface area contributed by atoms with Gasteiger partial charge in [0.15, 0.2) is 5.96 Å². The molecule has 0 saturated carbocycles. The Morgan fingerprint density at radius 3 is 2.68 bits per heavy atom. The van der Waals surface area contributed by atoms with Crippen molar-refractivity contribution in [1.82, 2.24) is 15.1 Å². The number of aryl methyl sites for hydroxylation is 1. The number of hydrogen-bond acceptors (Lipinski definition) is 4.